The van der Waals surface area contributed by atoms with Crippen molar-refractivity contribution >= 4 is 50.9 Å². The van der Waals surface area contributed by atoms with Crippen LogP contribution in [0.3, 0.4) is 0 Å². The number of halogens is 2. The number of hydrogen-bond acceptors (Lipinski definition) is 1. The lowest BCUT2D eigenvalue weighted by Gasteiger charge is -2.10. The van der Waals surface area contributed by atoms with Crippen LogP contribution in [0.25, 0.3) is 32.9 Å². The smallest absolute Gasteiger partial charge is 0.249 e. The number of aromatic nitrogens is 1. The molecule has 2 N–H and O–H groups in total. The van der Waals surface area contributed by atoms with Crippen LogP contribution in [0.2, 0.25) is 10.0 Å². The number of benzene rings is 4. The van der Waals surface area contributed by atoms with E-state index in [4.69, 9.17) is 28.9 Å². The fourth-order valence-corrected chi connectivity index (χ4v) is 4.36. The summed E-state index contributed by atoms with van der Waals surface area (Å²) in [6.45, 7) is 0.555. The maximum Gasteiger partial charge on any atom is 0.249 e. The number of carbonyl (C=O) groups is 1. The molecule has 0 saturated heterocycles. The van der Waals surface area contributed by atoms with Crippen LogP contribution in [-0.4, -0.2) is 10.5 Å². The fraction of sp³-hybridized carbons (Fsp3) is 0.0385. The minimum atomic E-state index is -0.461. The number of primary amides is 1. The Labute approximate surface area is 189 Å². The SMILES string of the molecule is NC(=O)c1cccc2c1c1[c]cc(-c3ccc(Cl)cc3)cc1n2Cc1ccccc1Cl. The predicted octanol–water partition coefficient (Wildman–Crippen LogP) is 6.72. The van der Waals surface area contributed by atoms with Crippen molar-refractivity contribution in [3.63, 3.8) is 0 Å². The summed E-state index contributed by atoms with van der Waals surface area (Å²) in [6.07, 6.45) is 0. The Bertz CT molecular complexity index is 1450. The van der Waals surface area contributed by atoms with Gasteiger partial charge in [-0.2, -0.15) is 0 Å². The molecule has 0 saturated carbocycles. The second-order valence-electron chi connectivity index (χ2n) is 7.40. The van der Waals surface area contributed by atoms with E-state index in [1.165, 1.54) is 0 Å². The standard InChI is InChI=1S/C26H17Cl2N2O/c27-19-11-8-16(9-12-19)17-10-13-20-24(14-17)30(15-18-4-1-2-6-22(18)28)23-7-3-5-21(25(20)23)26(29)31/h1-12,14H,15H2,(H2,29,31). The largest absolute Gasteiger partial charge is 0.366 e. The minimum Gasteiger partial charge on any atom is -0.366 e. The van der Waals surface area contributed by atoms with Crippen LogP contribution in [0, 0.1) is 6.07 Å². The van der Waals surface area contributed by atoms with Gasteiger partial charge in [0.15, 0.2) is 0 Å². The summed E-state index contributed by atoms with van der Waals surface area (Å²) in [4.78, 5) is 12.2. The van der Waals surface area contributed by atoms with E-state index in [0.29, 0.717) is 22.2 Å². The number of amides is 1. The van der Waals surface area contributed by atoms with Gasteiger partial charge in [0.25, 0.3) is 0 Å². The van der Waals surface area contributed by atoms with E-state index in [1.807, 2.05) is 66.7 Å². The first kappa shape index (κ1) is 19.7. The molecule has 5 rings (SSSR count). The van der Waals surface area contributed by atoms with E-state index in [2.05, 4.69) is 16.7 Å². The van der Waals surface area contributed by atoms with Gasteiger partial charge in [-0.1, -0.05) is 59.6 Å². The van der Waals surface area contributed by atoms with Crippen LogP contribution in [0.15, 0.2) is 78.9 Å². The zero-order valence-electron chi connectivity index (χ0n) is 16.4. The first-order valence-corrected chi connectivity index (χ1v) is 10.5. The molecule has 1 aromatic heterocycles. The highest BCUT2D eigenvalue weighted by atomic mass is 35.5. The Balaban J connectivity index is 1.81. The van der Waals surface area contributed by atoms with Gasteiger partial charge in [0.05, 0.1) is 11.0 Å². The van der Waals surface area contributed by atoms with E-state index in [-0.39, 0.29) is 0 Å². The molecule has 1 amide bonds. The third-order valence-electron chi connectivity index (χ3n) is 5.52. The Hall–Kier alpha value is -3.27. The van der Waals surface area contributed by atoms with Crippen LogP contribution >= 0.6 is 23.2 Å². The first-order chi connectivity index (χ1) is 15.0. The summed E-state index contributed by atoms with van der Waals surface area (Å²) in [5.74, 6) is -0.461. The maximum atomic E-state index is 12.2. The summed E-state index contributed by atoms with van der Waals surface area (Å²) < 4.78 is 2.16. The van der Waals surface area contributed by atoms with Crippen molar-refractivity contribution in [1.82, 2.24) is 4.57 Å². The summed E-state index contributed by atoms with van der Waals surface area (Å²) in [6, 6.07) is 28.5. The van der Waals surface area contributed by atoms with Gasteiger partial charge in [-0.3, -0.25) is 4.79 Å². The normalized spacial score (nSPS) is 11.3. The quantitative estimate of drug-likeness (QED) is 0.329. The molecule has 3 nitrogen and oxygen atoms in total. The van der Waals surface area contributed by atoms with Crippen LogP contribution in [0.5, 0.6) is 0 Å². The lowest BCUT2D eigenvalue weighted by Crippen LogP contribution is -2.11. The highest BCUT2D eigenvalue weighted by Crippen LogP contribution is 2.35. The van der Waals surface area contributed by atoms with E-state index in [9.17, 15) is 4.79 Å². The lowest BCUT2D eigenvalue weighted by atomic mass is 10.0. The molecule has 0 atom stereocenters. The molecule has 1 heterocycles. The molecule has 5 aromatic rings. The number of carbonyl (C=O) groups excluding carboxylic acids is 1. The Morgan fingerprint density at radius 2 is 1.68 bits per heavy atom. The summed E-state index contributed by atoms with van der Waals surface area (Å²) in [5, 5.41) is 3.04. The predicted molar refractivity (Wildman–Crippen MR) is 128 cm³/mol. The molecular formula is C26H17Cl2N2O. The Kier molecular flexibility index (Phi) is 4.93. The van der Waals surface area contributed by atoms with Crippen molar-refractivity contribution in [2.45, 2.75) is 6.54 Å². The molecular weight excluding hydrogens is 427 g/mol. The van der Waals surface area contributed by atoms with E-state index in [0.717, 1.165) is 38.5 Å². The van der Waals surface area contributed by atoms with Gasteiger partial charge in [0.2, 0.25) is 5.91 Å². The zero-order chi connectivity index (χ0) is 21.5. The molecule has 4 aromatic carbocycles. The zero-order valence-corrected chi connectivity index (χ0v) is 17.9. The fourth-order valence-electron chi connectivity index (χ4n) is 4.04. The van der Waals surface area contributed by atoms with Gasteiger partial charge in [0.1, 0.15) is 0 Å². The molecule has 0 unspecified atom stereocenters. The average Bonchev–Trinajstić information content (AvgIpc) is 3.09. The molecule has 5 heteroatoms. The third kappa shape index (κ3) is 3.46. The third-order valence-corrected chi connectivity index (χ3v) is 6.14. The topological polar surface area (TPSA) is 48.0 Å². The van der Waals surface area contributed by atoms with E-state index >= 15 is 0 Å². The number of nitrogens with two attached hydrogens (primary N) is 1. The van der Waals surface area contributed by atoms with Crippen LogP contribution < -0.4 is 5.73 Å². The van der Waals surface area contributed by atoms with E-state index < -0.39 is 5.91 Å². The van der Waals surface area contributed by atoms with Crippen LogP contribution in [-0.2, 0) is 6.54 Å². The Morgan fingerprint density at radius 3 is 2.42 bits per heavy atom. The van der Waals surface area contributed by atoms with Gasteiger partial charge in [-0.05, 0) is 65.2 Å². The highest BCUT2D eigenvalue weighted by molar-refractivity contribution is 6.31. The maximum absolute atomic E-state index is 12.2. The lowest BCUT2D eigenvalue weighted by molar-refractivity contribution is 0.100. The van der Waals surface area contributed by atoms with Gasteiger partial charge < -0.3 is 10.3 Å². The number of rotatable bonds is 4. The van der Waals surface area contributed by atoms with Gasteiger partial charge in [-0.25, -0.2) is 0 Å². The molecule has 0 aliphatic rings. The molecule has 0 bridgehead atoms. The monoisotopic (exact) mass is 443 g/mol. The van der Waals surface area contributed by atoms with Gasteiger partial charge in [-0.15, -0.1) is 0 Å². The summed E-state index contributed by atoms with van der Waals surface area (Å²) >= 11 is 12.5. The van der Waals surface area contributed by atoms with Crippen molar-refractivity contribution in [3.05, 3.63) is 106 Å². The number of nitrogens with zero attached hydrogens (tertiary/aromatic N) is 1. The molecule has 0 fully saturated rings. The second-order valence-corrected chi connectivity index (χ2v) is 8.24. The first-order valence-electron chi connectivity index (χ1n) is 9.79. The highest BCUT2D eigenvalue weighted by Gasteiger charge is 2.18. The average molecular weight is 444 g/mol. The van der Waals surface area contributed by atoms with Crippen molar-refractivity contribution in [2.24, 2.45) is 5.73 Å². The summed E-state index contributed by atoms with van der Waals surface area (Å²) in [7, 11) is 0. The van der Waals surface area contributed by atoms with Crippen molar-refractivity contribution in [1.29, 1.82) is 0 Å². The molecule has 151 valence electrons. The van der Waals surface area contributed by atoms with Gasteiger partial charge >= 0.3 is 0 Å². The molecule has 1 radical (unpaired) electrons. The van der Waals surface area contributed by atoms with Crippen molar-refractivity contribution in [3.8, 4) is 11.1 Å². The molecule has 0 spiro atoms. The second kappa shape index (κ2) is 7.77. The molecule has 0 aliphatic heterocycles. The minimum absolute atomic E-state index is 0.461. The van der Waals surface area contributed by atoms with Gasteiger partial charge in [0, 0.05) is 32.9 Å². The molecule has 31 heavy (non-hydrogen) atoms. The van der Waals surface area contributed by atoms with Crippen molar-refractivity contribution < 1.29 is 4.79 Å². The number of hydrogen-bond donors (Lipinski definition) is 1. The van der Waals surface area contributed by atoms with Crippen molar-refractivity contribution in [2.75, 3.05) is 0 Å². The number of fused-ring (bicyclic) bond motifs is 3. The van der Waals surface area contributed by atoms with E-state index in [1.54, 1.807) is 6.07 Å². The Morgan fingerprint density at radius 1 is 0.903 bits per heavy atom. The summed E-state index contributed by atoms with van der Waals surface area (Å²) in [5.41, 5.74) is 11.1. The van der Waals surface area contributed by atoms with Crippen LogP contribution in [0.4, 0.5) is 0 Å². The van der Waals surface area contributed by atoms with Crippen LogP contribution in [0.1, 0.15) is 15.9 Å². The molecule has 0 aliphatic carbocycles.